The zero-order chi connectivity index (χ0) is 22.2. The molecule has 3 heterocycles. The van der Waals surface area contributed by atoms with Crippen molar-refractivity contribution in [2.24, 2.45) is 4.99 Å². The van der Waals surface area contributed by atoms with E-state index in [0.717, 1.165) is 51.9 Å². The van der Waals surface area contributed by atoms with Gasteiger partial charge < -0.3 is 15.0 Å². The Morgan fingerprint density at radius 3 is 2.44 bits per heavy atom. The van der Waals surface area contributed by atoms with Crippen LogP contribution in [0.5, 0.6) is 0 Å². The molecular formula is C26H28N4O2. The molecule has 2 aliphatic heterocycles. The third-order valence-electron chi connectivity index (χ3n) is 6.18. The van der Waals surface area contributed by atoms with Crippen molar-refractivity contribution in [2.75, 3.05) is 24.5 Å². The van der Waals surface area contributed by atoms with Crippen molar-refractivity contribution in [2.45, 2.75) is 33.0 Å². The first kappa shape index (κ1) is 20.5. The van der Waals surface area contributed by atoms with Crippen molar-refractivity contribution in [1.82, 2.24) is 9.88 Å². The molecule has 32 heavy (non-hydrogen) atoms. The molecule has 3 aromatic rings. The fourth-order valence-corrected chi connectivity index (χ4v) is 4.82. The van der Waals surface area contributed by atoms with Crippen LogP contribution in [0.25, 0.3) is 22.0 Å². The van der Waals surface area contributed by atoms with Crippen LogP contribution in [-0.2, 0) is 4.74 Å². The van der Waals surface area contributed by atoms with Gasteiger partial charge in [0.2, 0.25) is 0 Å². The lowest BCUT2D eigenvalue weighted by molar-refractivity contribution is -0.00521. The molecule has 0 aliphatic carbocycles. The number of nitrogens with zero attached hydrogens (tertiary/aromatic N) is 3. The van der Waals surface area contributed by atoms with E-state index in [1.165, 1.54) is 0 Å². The second-order valence-electron chi connectivity index (χ2n) is 8.71. The topological polar surface area (TPSA) is 58.9 Å². The number of hydrogen-bond donors (Lipinski definition) is 1. The van der Waals surface area contributed by atoms with E-state index in [9.17, 15) is 4.79 Å². The average Bonchev–Trinajstić information content (AvgIpc) is 2.81. The number of anilines is 1. The van der Waals surface area contributed by atoms with Gasteiger partial charge in [-0.3, -0.25) is 9.36 Å². The average molecular weight is 429 g/mol. The number of benzene rings is 2. The molecule has 1 fully saturated rings. The Hall–Kier alpha value is -3.38. The Morgan fingerprint density at radius 1 is 1.03 bits per heavy atom. The summed E-state index contributed by atoms with van der Waals surface area (Å²) in [6.07, 6.45) is 5.91. The summed E-state index contributed by atoms with van der Waals surface area (Å²) in [5.74, 6) is 0. The van der Waals surface area contributed by atoms with Crippen LogP contribution >= 0.6 is 0 Å². The molecule has 5 rings (SSSR count). The molecule has 1 N–H and O–H groups in total. The second kappa shape index (κ2) is 8.28. The number of nitrogens with one attached hydrogen (secondary N) is 1. The number of morpholine rings is 1. The second-order valence-corrected chi connectivity index (χ2v) is 8.71. The van der Waals surface area contributed by atoms with E-state index in [1.807, 2.05) is 36.7 Å². The normalized spacial score (nSPS) is 20.8. The molecule has 1 aromatic heterocycles. The predicted molar refractivity (Wildman–Crippen MR) is 131 cm³/mol. The van der Waals surface area contributed by atoms with E-state index in [0.29, 0.717) is 6.54 Å². The molecule has 0 radical (unpaired) electrons. The molecule has 1 saturated heterocycles. The van der Waals surface area contributed by atoms with Gasteiger partial charge in [-0.25, -0.2) is 4.99 Å². The number of hydrogen-bond acceptors (Lipinski definition) is 5. The highest BCUT2D eigenvalue weighted by molar-refractivity contribution is 5.96. The van der Waals surface area contributed by atoms with Crippen LogP contribution in [0.1, 0.15) is 25.0 Å². The molecule has 2 atom stereocenters. The predicted octanol–water partition coefficient (Wildman–Crippen LogP) is 3.89. The van der Waals surface area contributed by atoms with E-state index in [4.69, 9.17) is 4.74 Å². The zero-order valence-electron chi connectivity index (χ0n) is 18.7. The summed E-state index contributed by atoms with van der Waals surface area (Å²) in [5, 5.41) is 4.86. The molecule has 0 saturated carbocycles. The molecule has 164 valence electrons. The number of aryl methyl sites for hydroxylation is 1. The summed E-state index contributed by atoms with van der Waals surface area (Å²) in [4.78, 5) is 20.0. The van der Waals surface area contributed by atoms with Crippen molar-refractivity contribution in [3.05, 3.63) is 76.3 Å². The van der Waals surface area contributed by atoms with Gasteiger partial charge >= 0.3 is 0 Å². The maximum atomic E-state index is 13.5. The number of pyridine rings is 1. The van der Waals surface area contributed by atoms with Gasteiger partial charge in [0.05, 0.1) is 18.5 Å². The maximum Gasteiger partial charge on any atom is 0.262 e. The highest BCUT2D eigenvalue weighted by Crippen LogP contribution is 2.28. The Balaban J connectivity index is 1.54. The number of aromatic nitrogens is 1. The van der Waals surface area contributed by atoms with Gasteiger partial charge in [-0.15, -0.1) is 0 Å². The first-order valence-corrected chi connectivity index (χ1v) is 11.1. The van der Waals surface area contributed by atoms with Crippen molar-refractivity contribution < 1.29 is 4.74 Å². The van der Waals surface area contributed by atoms with Crippen molar-refractivity contribution in [3.8, 4) is 5.69 Å². The van der Waals surface area contributed by atoms with E-state index in [1.54, 1.807) is 10.9 Å². The molecule has 0 bridgehead atoms. The third kappa shape index (κ3) is 3.71. The lowest BCUT2D eigenvalue weighted by Crippen LogP contribution is -2.45. The molecule has 0 spiro atoms. The Labute approximate surface area is 187 Å². The molecule has 0 amide bonds. The molecule has 6 heteroatoms. The molecule has 2 aliphatic rings. The summed E-state index contributed by atoms with van der Waals surface area (Å²) in [7, 11) is 0. The molecular weight excluding hydrogens is 400 g/mol. The van der Waals surface area contributed by atoms with Crippen molar-refractivity contribution >= 4 is 28.4 Å². The quantitative estimate of drug-likeness (QED) is 0.688. The first-order chi connectivity index (χ1) is 15.5. The zero-order valence-corrected chi connectivity index (χ0v) is 18.7. The van der Waals surface area contributed by atoms with Gasteiger partial charge in [0.15, 0.2) is 0 Å². The summed E-state index contributed by atoms with van der Waals surface area (Å²) < 4.78 is 7.60. The highest BCUT2D eigenvalue weighted by atomic mass is 16.5. The molecule has 6 nitrogen and oxygen atoms in total. The largest absolute Gasteiger partial charge is 0.372 e. The Bertz CT molecular complexity index is 1260. The highest BCUT2D eigenvalue weighted by Gasteiger charge is 2.22. The van der Waals surface area contributed by atoms with Crippen LogP contribution in [-0.4, -0.2) is 42.7 Å². The van der Waals surface area contributed by atoms with E-state index >= 15 is 0 Å². The van der Waals surface area contributed by atoms with Gasteiger partial charge in [0.1, 0.15) is 0 Å². The van der Waals surface area contributed by atoms with Crippen LogP contribution in [0.2, 0.25) is 0 Å². The Morgan fingerprint density at radius 2 is 1.75 bits per heavy atom. The summed E-state index contributed by atoms with van der Waals surface area (Å²) in [6, 6.07) is 14.2. The van der Waals surface area contributed by atoms with E-state index in [-0.39, 0.29) is 17.8 Å². The Kier molecular flexibility index (Phi) is 5.31. The van der Waals surface area contributed by atoms with Crippen molar-refractivity contribution in [3.63, 3.8) is 0 Å². The standard InChI is InChI=1S/C26H28N4O2/c1-17-13-30(22-9-7-21(8-10-22)29-14-18(2)32-19(3)15-29)26(31)24-6-4-5-23(25(17)24)20-11-27-16-28-12-20/h4-11,13,16,18-19H,12,14-15H2,1-3H3,(H,27,28). The van der Waals surface area contributed by atoms with Crippen LogP contribution < -0.4 is 15.8 Å². The van der Waals surface area contributed by atoms with E-state index < -0.39 is 0 Å². The van der Waals surface area contributed by atoms with Crippen molar-refractivity contribution in [1.29, 1.82) is 0 Å². The number of fused-ring (bicyclic) bond motifs is 1. The third-order valence-corrected chi connectivity index (χ3v) is 6.18. The van der Waals surface area contributed by atoms with Gasteiger partial charge in [-0.05, 0) is 73.2 Å². The number of aliphatic imine (C=N–C) groups is 1. The van der Waals surface area contributed by atoms with Crippen LogP contribution in [0, 0.1) is 6.92 Å². The summed E-state index contributed by atoms with van der Waals surface area (Å²) >= 11 is 0. The molecule has 2 unspecified atom stereocenters. The minimum atomic E-state index is -0.0123. The van der Waals surface area contributed by atoms with Gasteiger partial charge in [-0.1, -0.05) is 12.1 Å². The number of ether oxygens (including phenoxy) is 1. The van der Waals surface area contributed by atoms with Crippen LogP contribution in [0.15, 0.2) is 64.6 Å². The number of rotatable bonds is 3. The van der Waals surface area contributed by atoms with Gasteiger partial charge in [0.25, 0.3) is 5.56 Å². The molecule has 2 aromatic carbocycles. The van der Waals surface area contributed by atoms with Gasteiger partial charge in [-0.2, -0.15) is 0 Å². The van der Waals surface area contributed by atoms with E-state index in [2.05, 4.69) is 54.2 Å². The maximum absolute atomic E-state index is 13.5. The fraction of sp³-hybridized carbons (Fsp3) is 0.308. The minimum Gasteiger partial charge on any atom is -0.372 e. The minimum absolute atomic E-state index is 0.0123. The first-order valence-electron chi connectivity index (χ1n) is 11.1. The SMILES string of the molecule is Cc1cn(-c2ccc(N3CC(C)OC(C)C3)cc2)c(=O)c2cccc(C3=CN=CNC3)c12. The summed E-state index contributed by atoms with van der Waals surface area (Å²) in [6.45, 7) is 8.72. The fourth-order valence-electron chi connectivity index (χ4n) is 4.82. The van der Waals surface area contributed by atoms with Gasteiger partial charge in [0, 0.05) is 48.8 Å². The van der Waals surface area contributed by atoms with Crippen LogP contribution in [0.3, 0.4) is 0 Å². The lowest BCUT2D eigenvalue weighted by atomic mass is 9.96. The lowest BCUT2D eigenvalue weighted by Gasteiger charge is -2.36. The van der Waals surface area contributed by atoms with Crippen LogP contribution in [0.4, 0.5) is 5.69 Å². The summed E-state index contributed by atoms with van der Waals surface area (Å²) in [5.41, 5.74) is 5.20. The smallest absolute Gasteiger partial charge is 0.262 e. The monoisotopic (exact) mass is 428 g/mol.